The summed E-state index contributed by atoms with van der Waals surface area (Å²) in [6, 6.07) is 5.39. The van der Waals surface area contributed by atoms with Gasteiger partial charge in [-0.1, -0.05) is 5.92 Å². The number of nitrogens with one attached hydrogen (secondary N) is 1. The lowest BCUT2D eigenvalue weighted by Crippen LogP contribution is -2.20. The van der Waals surface area contributed by atoms with Crippen molar-refractivity contribution in [3.8, 4) is 17.9 Å². The van der Waals surface area contributed by atoms with Gasteiger partial charge in [0.15, 0.2) is 0 Å². The standard InChI is InChI=1S/C12H11N3O/c1-10(16)14-7-3-2-6-12-11(9-13)5-4-8-15-12/h4-5,8H,3,7H2,1H3,(H,14,16). The van der Waals surface area contributed by atoms with E-state index in [1.54, 1.807) is 18.3 Å². The van der Waals surface area contributed by atoms with Gasteiger partial charge in [0, 0.05) is 26.1 Å². The van der Waals surface area contributed by atoms with Gasteiger partial charge >= 0.3 is 0 Å². The van der Waals surface area contributed by atoms with Gasteiger partial charge in [-0.25, -0.2) is 4.98 Å². The maximum absolute atomic E-state index is 10.6. The van der Waals surface area contributed by atoms with Gasteiger partial charge in [-0.2, -0.15) is 5.26 Å². The van der Waals surface area contributed by atoms with Crippen molar-refractivity contribution in [1.29, 1.82) is 5.26 Å². The van der Waals surface area contributed by atoms with Gasteiger partial charge in [-0.15, -0.1) is 0 Å². The molecular weight excluding hydrogens is 202 g/mol. The molecule has 1 heterocycles. The lowest BCUT2D eigenvalue weighted by Gasteiger charge is -1.95. The fourth-order valence-electron chi connectivity index (χ4n) is 1.04. The Morgan fingerprint density at radius 3 is 3.12 bits per heavy atom. The third-order valence-corrected chi connectivity index (χ3v) is 1.76. The van der Waals surface area contributed by atoms with Crippen molar-refractivity contribution in [2.24, 2.45) is 0 Å². The Morgan fingerprint density at radius 1 is 1.62 bits per heavy atom. The van der Waals surface area contributed by atoms with Crippen molar-refractivity contribution < 1.29 is 4.79 Å². The maximum Gasteiger partial charge on any atom is 0.216 e. The average Bonchev–Trinajstić information content (AvgIpc) is 2.29. The van der Waals surface area contributed by atoms with Crippen LogP contribution in [0.3, 0.4) is 0 Å². The topological polar surface area (TPSA) is 65.8 Å². The summed E-state index contributed by atoms with van der Waals surface area (Å²) >= 11 is 0. The molecule has 0 saturated carbocycles. The number of carbonyl (C=O) groups is 1. The molecule has 80 valence electrons. The lowest BCUT2D eigenvalue weighted by molar-refractivity contribution is -0.118. The van der Waals surface area contributed by atoms with Crippen LogP contribution in [0.25, 0.3) is 0 Å². The van der Waals surface area contributed by atoms with Crippen molar-refractivity contribution in [3.05, 3.63) is 29.6 Å². The molecule has 0 aliphatic carbocycles. The Kier molecular flexibility index (Phi) is 4.56. The van der Waals surface area contributed by atoms with Crippen molar-refractivity contribution in [2.45, 2.75) is 13.3 Å². The highest BCUT2D eigenvalue weighted by Crippen LogP contribution is 2.00. The third kappa shape index (κ3) is 3.81. The maximum atomic E-state index is 10.6. The average molecular weight is 213 g/mol. The number of hydrogen-bond donors (Lipinski definition) is 1. The monoisotopic (exact) mass is 213 g/mol. The Balaban J connectivity index is 2.57. The van der Waals surface area contributed by atoms with E-state index in [0.29, 0.717) is 24.2 Å². The first kappa shape index (κ1) is 11.7. The van der Waals surface area contributed by atoms with E-state index >= 15 is 0 Å². The number of nitriles is 1. The van der Waals surface area contributed by atoms with Crippen LogP contribution < -0.4 is 5.32 Å². The zero-order chi connectivity index (χ0) is 11.8. The number of amides is 1. The highest BCUT2D eigenvalue weighted by molar-refractivity contribution is 5.72. The molecular formula is C12H11N3O. The third-order valence-electron chi connectivity index (χ3n) is 1.76. The van der Waals surface area contributed by atoms with Gasteiger partial charge in [-0.3, -0.25) is 4.79 Å². The molecule has 4 nitrogen and oxygen atoms in total. The van der Waals surface area contributed by atoms with Gasteiger partial charge < -0.3 is 5.32 Å². The van der Waals surface area contributed by atoms with E-state index in [4.69, 9.17) is 5.26 Å². The number of rotatable bonds is 2. The van der Waals surface area contributed by atoms with Gasteiger partial charge in [-0.05, 0) is 18.1 Å². The first-order valence-electron chi connectivity index (χ1n) is 4.82. The minimum Gasteiger partial charge on any atom is -0.355 e. The summed E-state index contributed by atoms with van der Waals surface area (Å²) in [5.74, 6) is 5.58. The summed E-state index contributed by atoms with van der Waals surface area (Å²) in [7, 11) is 0. The number of nitrogens with zero attached hydrogens (tertiary/aromatic N) is 2. The van der Waals surface area contributed by atoms with Crippen LogP contribution >= 0.6 is 0 Å². The van der Waals surface area contributed by atoms with Gasteiger partial charge in [0.2, 0.25) is 5.91 Å². The van der Waals surface area contributed by atoms with Gasteiger partial charge in [0.05, 0.1) is 5.56 Å². The molecule has 0 spiro atoms. The fraction of sp³-hybridized carbons (Fsp3) is 0.250. The Hall–Kier alpha value is -2.33. The summed E-state index contributed by atoms with van der Waals surface area (Å²) in [6.45, 7) is 1.97. The van der Waals surface area contributed by atoms with E-state index in [0.717, 1.165) is 0 Å². The predicted molar refractivity (Wildman–Crippen MR) is 59.1 cm³/mol. The second kappa shape index (κ2) is 6.21. The Labute approximate surface area is 94.3 Å². The molecule has 0 aliphatic rings. The summed E-state index contributed by atoms with van der Waals surface area (Å²) in [6.07, 6.45) is 2.14. The summed E-state index contributed by atoms with van der Waals surface area (Å²) < 4.78 is 0. The van der Waals surface area contributed by atoms with E-state index in [9.17, 15) is 4.79 Å². The van der Waals surface area contributed by atoms with Crippen LogP contribution in [0.5, 0.6) is 0 Å². The molecule has 0 aliphatic heterocycles. The van der Waals surface area contributed by atoms with E-state index in [1.165, 1.54) is 6.92 Å². The molecule has 0 saturated heterocycles. The number of pyridine rings is 1. The Bertz CT molecular complexity index is 477. The molecule has 1 amide bonds. The summed E-state index contributed by atoms with van der Waals surface area (Å²) in [4.78, 5) is 14.6. The minimum atomic E-state index is -0.0719. The zero-order valence-corrected chi connectivity index (χ0v) is 8.95. The van der Waals surface area contributed by atoms with Crippen molar-refractivity contribution >= 4 is 5.91 Å². The molecule has 0 fully saturated rings. The minimum absolute atomic E-state index is 0.0719. The molecule has 0 atom stereocenters. The normalized spacial score (nSPS) is 8.50. The first-order chi connectivity index (χ1) is 7.74. The van der Waals surface area contributed by atoms with Gasteiger partial charge in [0.1, 0.15) is 11.8 Å². The first-order valence-corrected chi connectivity index (χ1v) is 4.82. The largest absolute Gasteiger partial charge is 0.355 e. The number of aromatic nitrogens is 1. The van der Waals surface area contributed by atoms with Crippen LogP contribution in [0.1, 0.15) is 24.6 Å². The van der Waals surface area contributed by atoms with Crippen LogP contribution in [0.15, 0.2) is 18.3 Å². The van der Waals surface area contributed by atoms with E-state index in [-0.39, 0.29) is 5.91 Å². The van der Waals surface area contributed by atoms with Crippen molar-refractivity contribution in [1.82, 2.24) is 10.3 Å². The highest BCUT2D eigenvalue weighted by Gasteiger charge is 1.96. The zero-order valence-electron chi connectivity index (χ0n) is 8.95. The lowest BCUT2D eigenvalue weighted by atomic mass is 10.2. The molecule has 0 unspecified atom stereocenters. The van der Waals surface area contributed by atoms with Crippen LogP contribution in [-0.2, 0) is 4.79 Å². The van der Waals surface area contributed by atoms with Crippen LogP contribution in [0.4, 0.5) is 0 Å². The summed E-state index contributed by atoms with van der Waals surface area (Å²) in [5, 5.41) is 11.4. The quantitative estimate of drug-likeness (QED) is 0.584. The highest BCUT2D eigenvalue weighted by atomic mass is 16.1. The van der Waals surface area contributed by atoms with Gasteiger partial charge in [0.25, 0.3) is 0 Å². The molecule has 0 aromatic carbocycles. The second-order valence-corrected chi connectivity index (χ2v) is 3.05. The second-order valence-electron chi connectivity index (χ2n) is 3.05. The molecule has 1 N–H and O–H groups in total. The summed E-state index contributed by atoms with van der Waals surface area (Å²) in [5.41, 5.74) is 0.947. The van der Waals surface area contributed by atoms with E-state index < -0.39 is 0 Å². The van der Waals surface area contributed by atoms with E-state index in [1.807, 2.05) is 6.07 Å². The fourth-order valence-corrected chi connectivity index (χ4v) is 1.04. The smallest absolute Gasteiger partial charge is 0.216 e. The molecule has 4 heteroatoms. The molecule has 1 aromatic heterocycles. The molecule has 0 bridgehead atoms. The number of carbonyl (C=O) groups excluding carboxylic acids is 1. The van der Waals surface area contributed by atoms with E-state index in [2.05, 4.69) is 22.1 Å². The van der Waals surface area contributed by atoms with Crippen LogP contribution in [0.2, 0.25) is 0 Å². The SMILES string of the molecule is CC(=O)NCCC#Cc1ncccc1C#N. The van der Waals surface area contributed by atoms with Crippen LogP contribution in [0, 0.1) is 23.2 Å². The van der Waals surface area contributed by atoms with Crippen molar-refractivity contribution in [2.75, 3.05) is 6.54 Å². The Morgan fingerprint density at radius 2 is 2.44 bits per heavy atom. The molecule has 16 heavy (non-hydrogen) atoms. The number of hydrogen-bond acceptors (Lipinski definition) is 3. The van der Waals surface area contributed by atoms with Crippen LogP contribution in [-0.4, -0.2) is 17.4 Å². The van der Waals surface area contributed by atoms with Crippen molar-refractivity contribution in [3.63, 3.8) is 0 Å². The molecule has 1 aromatic rings. The molecule has 1 rings (SSSR count). The molecule has 0 radical (unpaired) electrons. The predicted octanol–water partition coefficient (Wildman–Crippen LogP) is 0.831.